The Morgan fingerprint density at radius 2 is 1.76 bits per heavy atom. The van der Waals surface area contributed by atoms with Crippen LogP contribution in [0.15, 0.2) is 82.7 Å². The molecule has 0 heterocycles. The van der Waals surface area contributed by atoms with Gasteiger partial charge in [-0.3, -0.25) is 4.31 Å². The van der Waals surface area contributed by atoms with Crippen molar-refractivity contribution in [2.75, 3.05) is 10.8 Å². The van der Waals surface area contributed by atoms with Crippen LogP contribution in [0, 0.1) is 5.82 Å². The molecule has 128 valence electrons. The Hall–Kier alpha value is -2.18. The van der Waals surface area contributed by atoms with Crippen molar-refractivity contribution in [3.63, 3.8) is 0 Å². The summed E-state index contributed by atoms with van der Waals surface area (Å²) < 4.78 is 42.1. The monoisotopic (exact) mass is 419 g/mol. The van der Waals surface area contributed by atoms with E-state index in [4.69, 9.17) is 0 Å². The van der Waals surface area contributed by atoms with Gasteiger partial charge in [-0.25, -0.2) is 12.8 Å². The van der Waals surface area contributed by atoms with Crippen LogP contribution >= 0.6 is 15.9 Å². The van der Waals surface area contributed by atoms with Gasteiger partial charge >= 0.3 is 0 Å². The first kappa shape index (κ1) is 17.6. The summed E-state index contributed by atoms with van der Waals surface area (Å²) in [6, 6.07) is 16.6. The van der Waals surface area contributed by atoms with Crippen LogP contribution in [0.5, 0.6) is 0 Å². The Morgan fingerprint density at radius 1 is 1.04 bits per heavy atom. The van der Waals surface area contributed by atoms with Crippen LogP contribution in [0.3, 0.4) is 0 Å². The van der Waals surface area contributed by atoms with Gasteiger partial charge in [0.15, 0.2) is 0 Å². The van der Waals surface area contributed by atoms with Gasteiger partial charge in [0.25, 0.3) is 10.0 Å². The molecule has 0 amide bonds. The first-order chi connectivity index (χ1) is 11.9. The van der Waals surface area contributed by atoms with Gasteiger partial charge in [-0.2, -0.15) is 0 Å². The van der Waals surface area contributed by atoms with Crippen molar-refractivity contribution in [3.8, 4) is 0 Å². The van der Waals surface area contributed by atoms with Crippen LogP contribution in [0.25, 0.3) is 10.8 Å². The smallest absolute Gasteiger partial charge is 0.260 e. The fourth-order valence-corrected chi connectivity index (χ4v) is 4.39. The summed E-state index contributed by atoms with van der Waals surface area (Å²) >= 11 is 3.18. The zero-order chi connectivity index (χ0) is 18.0. The second kappa shape index (κ2) is 6.98. The molecule has 0 saturated carbocycles. The summed E-state index contributed by atoms with van der Waals surface area (Å²) in [4.78, 5) is 0.107. The number of benzene rings is 3. The van der Waals surface area contributed by atoms with Crippen molar-refractivity contribution < 1.29 is 12.8 Å². The highest BCUT2D eigenvalue weighted by Crippen LogP contribution is 2.29. The topological polar surface area (TPSA) is 37.4 Å². The van der Waals surface area contributed by atoms with Gasteiger partial charge < -0.3 is 0 Å². The zero-order valence-corrected chi connectivity index (χ0v) is 15.6. The lowest BCUT2D eigenvalue weighted by Crippen LogP contribution is -2.32. The van der Waals surface area contributed by atoms with Crippen LogP contribution in [0.1, 0.15) is 0 Å². The largest absolute Gasteiger partial charge is 0.264 e. The van der Waals surface area contributed by atoms with Crippen molar-refractivity contribution in [3.05, 3.63) is 83.6 Å². The predicted octanol–water partition coefficient (Wildman–Crippen LogP) is 5.12. The minimum atomic E-state index is -3.94. The molecule has 0 N–H and O–H groups in total. The normalized spacial score (nSPS) is 11.4. The molecule has 3 rings (SSSR count). The van der Waals surface area contributed by atoms with Gasteiger partial charge in [0.2, 0.25) is 0 Å². The highest BCUT2D eigenvalue weighted by molar-refractivity contribution is 9.10. The van der Waals surface area contributed by atoms with Crippen molar-refractivity contribution in [2.24, 2.45) is 0 Å². The molecule has 3 aromatic rings. The third-order valence-electron chi connectivity index (χ3n) is 3.78. The van der Waals surface area contributed by atoms with Crippen molar-refractivity contribution in [1.82, 2.24) is 0 Å². The number of hydrogen-bond donors (Lipinski definition) is 0. The molecule has 3 aromatic carbocycles. The van der Waals surface area contributed by atoms with Crippen molar-refractivity contribution in [2.45, 2.75) is 4.90 Å². The molecule has 0 spiro atoms. The lowest BCUT2D eigenvalue weighted by atomic mass is 10.1. The van der Waals surface area contributed by atoms with E-state index in [1.54, 1.807) is 18.2 Å². The summed E-state index contributed by atoms with van der Waals surface area (Å²) in [5.74, 6) is -0.624. The highest BCUT2D eigenvalue weighted by atomic mass is 79.9. The van der Waals surface area contributed by atoms with Gasteiger partial charge in [0, 0.05) is 4.47 Å². The Morgan fingerprint density at radius 3 is 2.44 bits per heavy atom. The van der Waals surface area contributed by atoms with E-state index in [2.05, 4.69) is 22.5 Å². The number of anilines is 1. The lowest BCUT2D eigenvalue weighted by Gasteiger charge is -2.24. The van der Waals surface area contributed by atoms with Crippen LogP contribution in [-0.4, -0.2) is 15.0 Å². The molecule has 0 aliphatic rings. The van der Waals surface area contributed by atoms with Crippen LogP contribution in [-0.2, 0) is 10.0 Å². The molecule has 0 atom stereocenters. The van der Waals surface area contributed by atoms with Gasteiger partial charge in [-0.1, -0.05) is 52.3 Å². The number of hydrogen-bond acceptors (Lipinski definition) is 2. The van der Waals surface area contributed by atoms with E-state index in [9.17, 15) is 12.8 Å². The third kappa shape index (κ3) is 3.45. The summed E-state index contributed by atoms with van der Waals surface area (Å²) in [7, 11) is -3.94. The molecule has 0 saturated heterocycles. The lowest BCUT2D eigenvalue weighted by molar-refractivity contribution is 0.587. The Bertz CT molecular complexity index is 1050. The van der Waals surface area contributed by atoms with Gasteiger partial charge in [0.05, 0.1) is 17.1 Å². The van der Waals surface area contributed by atoms with Crippen molar-refractivity contribution in [1.29, 1.82) is 0 Å². The average molecular weight is 420 g/mol. The molecule has 0 fully saturated rings. The standard InChI is InChI=1S/C19H15BrFNO2S/c1-2-11-22(19-10-8-16(20)13-18(19)21)25(23,24)17-9-7-14-5-3-4-6-15(14)12-17/h2-10,12-13H,1,11H2. The van der Waals surface area contributed by atoms with E-state index in [-0.39, 0.29) is 17.1 Å². The van der Waals surface area contributed by atoms with Gasteiger partial charge in [-0.15, -0.1) is 6.58 Å². The van der Waals surface area contributed by atoms with Gasteiger partial charge in [0.1, 0.15) is 5.82 Å². The second-order valence-electron chi connectivity index (χ2n) is 5.43. The Balaban J connectivity index is 2.14. The molecule has 0 bridgehead atoms. The molecular weight excluding hydrogens is 405 g/mol. The fraction of sp³-hybridized carbons (Fsp3) is 0.0526. The number of sulfonamides is 1. The maximum absolute atomic E-state index is 14.4. The summed E-state index contributed by atoms with van der Waals surface area (Å²) in [6.45, 7) is 3.56. The zero-order valence-electron chi connectivity index (χ0n) is 13.2. The number of rotatable bonds is 5. The quantitative estimate of drug-likeness (QED) is 0.538. The maximum atomic E-state index is 14.4. The first-order valence-corrected chi connectivity index (χ1v) is 9.74. The summed E-state index contributed by atoms with van der Waals surface area (Å²) in [5, 5.41) is 1.74. The van der Waals surface area contributed by atoms with Crippen LogP contribution in [0.4, 0.5) is 10.1 Å². The van der Waals surface area contributed by atoms with E-state index in [0.29, 0.717) is 4.47 Å². The van der Waals surface area contributed by atoms with Crippen molar-refractivity contribution >= 4 is 42.4 Å². The van der Waals surface area contributed by atoms with E-state index >= 15 is 0 Å². The maximum Gasteiger partial charge on any atom is 0.264 e. The molecule has 0 aliphatic heterocycles. The number of fused-ring (bicyclic) bond motifs is 1. The average Bonchev–Trinajstić information content (AvgIpc) is 2.60. The summed E-state index contributed by atoms with van der Waals surface area (Å²) in [6.07, 6.45) is 1.43. The minimum absolute atomic E-state index is 0.0174. The molecule has 0 aromatic heterocycles. The Labute approximate surface area is 154 Å². The van der Waals surface area contributed by atoms with E-state index < -0.39 is 15.8 Å². The van der Waals surface area contributed by atoms with Crippen LogP contribution in [0.2, 0.25) is 0 Å². The SMILES string of the molecule is C=CCN(c1ccc(Br)cc1F)S(=O)(=O)c1ccc2ccccc2c1. The van der Waals surface area contributed by atoms with E-state index in [0.717, 1.165) is 15.1 Å². The number of nitrogens with zero attached hydrogens (tertiary/aromatic N) is 1. The Kier molecular flexibility index (Phi) is 4.92. The third-order valence-corrected chi connectivity index (χ3v) is 6.05. The predicted molar refractivity (Wildman–Crippen MR) is 103 cm³/mol. The first-order valence-electron chi connectivity index (χ1n) is 7.51. The van der Waals surface area contributed by atoms with Gasteiger partial charge in [-0.05, 0) is 41.1 Å². The number of halogens is 2. The minimum Gasteiger partial charge on any atom is -0.260 e. The molecule has 0 aliphatic carbocycles. The van der Waals surface area contributed by atoms with E-state index in [1.807, 2.05) is 24.3 Å². The molecular formula is C19H15BrFNO2S. The molecule has 3 nitrogen and oxygen atoms in total. The van der Waals surface area contributed by atoms with E-state index in [1.165, 1.54) is 24.3 Å². The second-order valence-corrected chi connectivity index (χ2v) is 8.21. The molecule has 0 unspecified atom stereocenters. The fourth-order valence-electron chi connectivity index (χ4n) is 2.58. The molecule has 25 heavy (non-hydrogen) atoms. The summed E-state index contributed by atoms with van der Waals surface area (Å²) in [5.41, 5.74) is -0.0174. The highest BCUT2D eigenvalue weighted by Gasteiger charge is 2.26. The molecule has 0 radical (unpaired) electrons. The molecule has 6 heteroatoms. The van der Waals surface area contributed by atoms with Crippen LogP contribution < -0.4 is 4.31 Å².